The number of aromatic nitrogens is 2. The van der Waals surface area contributed by atoms with Crippen LogP contribution in [0, 0.1) is 0 Å². The van der Waals surface area contributed by atoms with Crippen LogP contribution in [0.2, 0.25) is 0 Å². The predicted octanol–water partition coefficient (Wildman–Crippen LogP) is 0.759. The minimum absolute atomic E-state index is 0.183. The molecule has 2 aliphatic heterocycles. The summed E-state index contributed by atoms with van der Waals surface area (Å²) in [7, 11) is 0. The molecule has 4 rings (SSSR count). The van der Waals surface area contributed by atoms with Crippen molar-refractivity contribution in [2.24, 2.45) is 0 Å². The topological polar surface area (TPSA) is 96.6 Å². The van der Waals surface area contributed by atoms with Gasteiger partial charge in [0.2, 0.25) is 23.6 Å². The van der Waals surface area contributed by atoms with E-state index in [4.69, 9.17) is 4.52 Å². The quantitative estimate of drug-likeness (QED) is 0.760. The van der Waals surface area contributed by atoms with Crippen LogP contribution in [0.15, 0.2) is 4.52 Å². The number of nitrogens with zero attached hydrogens (tertiary/aromatic N) is 4. The van der Waals surface area contributed by atoms with Crippen LogP contribution in [0.1, 0.15) is 62.2 Å². The third kappa shape index (κ3) is 2.62. The Bertz CT molecular complexity index is 650. The summed E-state index contributed by atoms with van der Waals surface area (Å²) >= 11 is 0. The molecular formula is C15H18N4O4. The fourth-order valence-electron chi connectivity index (χ4n) is 3.24. The Hall–Kier alpha value is -2.25. The smallest absolute Gasteiger partial charge is 0.249 e. The number of amides is 3. The van der Waals surface area contributed by atoms with Gasteiger partial charge in [0.25, 0.3) is 0 Å². The first kappa shape index (κ1) is 14.3. The van der Waals surface area contributed by atoms with Crippen molar-refractivity contribution in [2.75, 3.05) is 13.1 Å². The number of hydrogen-bond acceptors (Lipinski definition) is 6. The summed E-state index contributed by atoms with van der Waals surface area (Å²) in [6.45, 7) is 0.401. The van der Waals surface area contributed by atoms with E-state index < -0.39 is 0 Å². The van der Waals surface area contributed by atoms with E-state index in [0.29, 0.717) is 18.4 Å². The standard InChI is InChI=1S/C15H18N4O4/c20-11-5-6-12(21)19(11)8-13(22)18-7-1-2-10(18)15-16-14(17-23-15)9-3-4-9/h9-10H,1-8H2. The first-order valence-corrected chi connectivity index (χ1v) is 8.09. The van der Waals surface area contributed by atoms with Gasteiger partial charge in [-0.2, -0.15) is 4.98 Å². The molecule has 2 saturated heterocycles. The van der Waals surface area contributed by atoms with E-state index >= 15 is 0 Å². The van der Waals surface area contributed by atoms with Crippen molar-refractivity contribution in [1.82, 2.24) is 19.9 Å². The number of likely N-dealkylation sites (tertiary alicyclic amines) is 2. The van der Waals surface area contributed by atoms with Gasteiger partial charge >= 0.3 is 0 Å². The van der Waals surface area contributed by atoms with Crippen molar-refractivity contribution in [3.63, 3.8) is 0 Å². The monoisotopic (exact) mass is 318 g/mol. The fourth-order valence-corrected chi connectivity index (χ4v) is 3.24. The lowest BCUT2D eigenvalue weighted by molar-refractivity contribution is -0.146. The molecule has 8 heteroatoms. The van der Waals surface area contributed by atoms with Crippen LogP contribution >= 0.6 is 0 Å². The zero-order valence-electron chi connectivity index (χ0n) is 12.7. The van der Waals surface area contributed by atoms with Gasteiger partial charge in [0.1, 0.15) is 12.6 Å². The minimum atomic E-state index is -0.270. The Morgan fingerprint density at radius 2 is 1.91 bits per heavy atom. The maximum absolute atomic E-state index is 12.5. The number of rotatable bonds is 4. The van der Waals surface area contributed by atoms with Crippen LogP contribution in [0.25, 0.3) is 0 Å². The van der Waals surface area contributed by atoms with Crippen molar-refractivity contribution < 1.29 is 18.9 Å². The molecule has 0 aromatic carbocycles. The van der Waals surface area contributed by atoms with E-state index in [0.717, 1.165) is 36.4 Å². The molecule has 0 spiro atoms. The second-order valence-electron chi connectivity index (χ2n) is 6.38. The highest BCUT2D eigenvalue weighted by Gasteiger charge is 2.38. The van der Waals surface area contributed by atoms with E-state index in [-0.39, 0.29) is 43.1 Å². The van der Waals surface area contributed by atoms with Gasteiger partial charge in [0, 0.05) is 25.3 Å². The molecule has 3 fully saturated rings. The number of carbonyl (C=O) groups excluding carboxylic acids is 3. The van der Waals surface area contributed by atoms with Crippen LogP contribution in [-0.4, -0.2) is 50.8 Å². The lowest BCUT2D eigenvalue weighted by Gasteiger charge is -2.24. The third-order valence-electron chi connectivity index (χ3n) is 4.71. The molecule has 3 heterocycles. The Kier molecular flexibility index (Phi) is 3.39. The zero-order valence-corrected chi connectivity index (χ0v) is 12.7. The molecule has 8 nitrogen and oxygen atoms in total. The van der Waals surface area contributed by atoms with E-state index in [1.165, 1.54) is 0 Å². The second kappa shape index (κ2) is 5.43. The van der Waals surface area contributed by atoms with Gasteiger partial charge in [-0.05, 0) is 25.7 Å². The summed E-state index contributed by atoms with van der Waals surface area (Å²) in [5.41, 5.74) is 0. The van der Waals surface area contributed by atoms with E-state index in [1.54, 1.807) is 4.90 Å². The molecule has 0 N–H and O–H groups in total. The van der Waals surface area contributed by atoms with Crippen LogP contribution in [0.5, 0.6) is 0 Å². The Labute approximate surface area is 132 Å². The van der Waals surface area contributed by atoms with Crippen LogP contribution < -0.4 is 0 Å². The van der Waals surface area contributed by atoms with Gasteiger partial charge in [-0.25, -0.2) is 0 Å². The largest absolute Gasteiger partial charge is 0.337 e. The molecule has 122 valence electrons. The molecule has 23 heavy (non-hydrogen) atoms. The van der Waals surface area contributed by atoms with Crippen LogP contribution in [0.4, 0.5) is 0 Å². The first-order valence-electron chi connectivity index (χ1n) is 8.09. The molecule has 3 aliphatic rings. The highest BCUT2D eigenvalue weighted by molar-refractivity contribution is 6.04. The van der Waals surface area contributed by atoms with Gasteiger partial charge < -0.3 is 9.42 Å². The molecule has 1 saturated carbocycles. The van der Waals surface area contributed by atoms with Crippen molar-refractivity contribution in [3.05, 3.63) is 11.7 Å². The van der Waals surface area contributed by atoms with Gasteiger partial charge in [-0.1, -0.05) is 5.16 Å². The molecule has 1 aromatic heterocycles. The third-order valence-corrected chi connectivity index (χ3v) is 4.71. The van der Waals surface area contributed by atoms with Gasteiger partial charge in [-0.3, -0.25) is 19.3 Å². The number of imide groups is 1. The Morgan fingerprint density at radius 1 is 1.17 bits per heavy atom. The summed E-state index contributed by atoms with van der Waals surface area (Å²) in [6, 6.07) is -0.240. The average Bonchev–Trinajstić information content (AvgIpc) is 2.97. The maximum Gasteiger partial charge on any atom is 0.249 e. The summed E-state index contributed by atoms with van der Waals surface area (Å²) in [5, 5.41) is 4.00. The molecule has 1 atom stereocenters. The van der Waals surface area contributed by atoms with Crippen molar-refractivity contribution in [1.29, 1.82) is 0 Å². The lowest BCUT2D eigenvalue weighted by atomic mass is 10.2. The van der Waals surface area contributed by atoms with Crippen molar-refractivity contribution in [2.45, 2.75) is 50.5 Å². The highest BCUT2D eigenvalue weighted by atomic mass is 16.5. The molecule has 3 amide bonds. The molecule has 1 aliphatic carbocycles. The lowest BCUT2D eigenvalue weighted by Crippen LogP contribution is -2.42. The molecular weight excluding hydrogens is 300 g/mol. The first-order chi connectivity index (χ1) is 11.1. The number of carbonyl (C=O) groups is 3. The molecule has 0 bridgehead atoms. The number of hydrogen-bond donors (Lipinski definition) is 0. The SMILES string of the molecule is O=C1CCC(=O)N1CC(=O)N1CCCC1c1nc(C2CC2)no1. The Morgan fingerprint density at radius 3 is 2.61 bits per heavy atom. The second-order valence-corrected chi connectivity index (χ2v) is 6.38. The van der Waals surface area contributed by atoms with E-state index in [2.05, 4.69) is 10.1 Å². The summed E-state index contributed by atoms with van der Waals surface area (Å²) in [4.78, 5) is 43.0. The predicted molar refractivity (Wildman–Crippen MR) is 75.9 cm³/mol. The zero-order chi connectivity index (χ0) is 16.0. The fraction of sp³-hybridized carbons (Fsp3) is 0.667. The maximum atomic E-state index is 12.5. The van der Waals surface area contributed by atoms with E-state index in [1.807, 2.05) is 0 Å². The average molecular weight is 318 g/mol. The van der Waals surface area contributed by atoms with Gasteiger partial charge in [0.15, 0.2) is 5.82 Å². The molecule has 0 radical (unpaired) electrons. The normalized spacial score (nSPS) is 24.8. The van der Waals surface area contributed by atoms with Crippen LogP contribution in [0.3, 0.4) is 0 Å². The molecule has 1 aromatic rings. The van der Waals surface area contributed by atoms with Crippen molar-refractivity contribution >= 4 is 17.7 Å². The van der Waals surface area contributed by atoms with Crippen LogP contribution in [-0.2, 0) is 14.4 Å². The van der Waals surface area contributed by atoms with Gasteiger partial charge in [0.05, 0.1) is 0 Å². The van der Waals surface area contributed by atoms with Crippen molar-refractivity contribution in [3.8, 4) is 0 Å². The van der Waals surface area contributed by atoms with Gasteiger partial charge in [-0.15, -0.1) is 0 Å². The Balaban J connectivity index is 1.47. The molecule has 1 unspecified atom stereocenters. The highest BCUT2D eigenvalue weighted by Crippen LogP contribution is 2.39. The van der Waals surface area contributed by atoms with E-state index in [9.17, 15) is 14.4 Å². The summed E-state index contributed by atoms with van der Waals surface area (Å²) < 4.78 is 5.34. The summed E-state index contributed by atoms with van der Waals surface area (Å²) in [5.74, 6) is 0.821. The summed E-state index contributed by atoms with van der Waals surface area (Å²) in [6.07, 6.45) is 4.18. The minimum Gasteiger partial charge on any atom is -0.337 e.